The number of alkyl halides is 3. The molecule has 0 spiro atoms. The van der Waals surface area contributed by atoms with E-state index in [9.17, 15) is 22.4 Å². The van der Waals surface area contributed by atoms with Gasteiger partial charge in [-0.1, -0.05) is 0 Å². The van der Waals surface area contributed by atoms with Crippen molar-refractivity contribution in [1.82, 2.24) is 0 Å². The maximum atomic E-state index is 13.1. The van der Waals surface area contributed by atoms with Gasteiger partial charge in [0.1, 0.15) is 11.4 Å². The third kappa shape index (κ3) is 1.68. The van der Waals surface area contributed by atoms with Gasteiger partial charge >= 0.3 is 6.18 Å². The first-order chi connectivity index (χ1) is 7.39. The molecule has 0 radical (unpaired) electrons. The molecule has 86 valence electrons. The van der Waals surface area contributed by atoms with Crippen LogP contribution in [0.4, 0.5) is 28.9 Å². The Kier molecular flexibility index (Phi) is 2.25. The molecular formula is C9H6F4N2O. The van der Waals surface area contributed by atoms with Gasteiger partial charge in [-0.15, -0.1) is 0 Å². The molecule has 1 aromatic rings. The fourth-order valence-corrected chi connectivity index (χ4v) is 1.51. The number of halogens is 4. The van der Waals surface area contributed by atoms with E-state index in [0.29, 0.717) is 6.07 Å². The van der Waals surface area contributed by atoms with E-state index in [2.05, 4.69) is 10.6 Å². The van der Waals surface area contributed by atoms with Gasteiger partial charge < -0.3 is 10.6 Å². The molecule has 1 heterocycles. The largest absolute Gasteiger partial charge is 0.421 e. The van der Waals surface area contributed by atoms with Crippen molar-refractivity contribution in [2.75, 3.05) is 17.2 Å². The molecule has 1 aromatic carbocycles. The van der Waals surface area contributed by atoms with E-state index in [-0.39, 0.29) is 12.2 Å². The van der Waals surface area contributed by atoms with Gasteiger partial charge in [0.2, 0.25) is 5.91 Å². The number of carbonyl (C=O) groups is 1. The van der Waals surface area contributed by atoms with Gasteiger partial charge in [0.15, 0.2) is 0 Å². The van der Waals surface area contributed by atoms with Crippen LogP contribution in [0.2, 0.25) is 0 Å². The summed E-state index contributed by atoms with van der Waals surface area (Å²) in [6.07, 6.45) is -4.80. The summed E-state index contributed by atoms with van der Waals surface area (Å²) in [5.41, 5.74) is -1.87. The first-order valence-electron chi connectivity index (χ1n) is 4.33. The monoisotopic (exact) mass is 234 g/mol. The third-order valence-corrected chi connectivity index (χ3v) is 2.14. The lowest BCUT2D eigenvalue weighted by Crippen LogP contribution is -2.29. The second-order valence-electron chi connectivity index (χ2n) is 3.24. The van der Waals surface area contributed by atoms with Crippen molar-refractivity contribution in [3.63, 3.8) is 0 Å². The smallest absolute Gasteiger partial charge is 0.374 e. The van der Waals surface area contributed by atoms with Crippen LogP contribution < -0.4 is 10.6 Å². The van der Waals surface area contributed by atoms with E-state index in [1.165, 1.54) is 0 Å². The highest BCUT2D eigenvalue weighted by molar-refractivity contribution is 6.01. The zero-order chi connectivity index (χ0) is 11.9. The molecule has 0 aliphatic carbocycles. The quantitative estimate of drug-likeness (QED) is 0.676. The maximum Gasteiger partial charge on any atom is 0.421 e. The standard InChI is InChI=1S/C9H6F4N2O/c10-4-1-2-5-8(7(4)9(11,12)13)14-3-6(16)15-5/h1-2,14H,3H2,(H,15,16). The highest BCUT2D eigenvalue weighted by atomic mass is 19.4. The minimum Gasteiger partial charge on any atom is -0.374 e. The number of fused-ring (bicyclic) bond motifs is 1. The fraction of sp³-hybridized carbons (Fsp3) is 0.222. The predicted octanol–water partition coefficient (Wildman–Crippen LogP) is 2.21. The number of hydrogen-bond donors (Lipinski definition) is 2. The van der Waals surface area contributed by atoms with E-state index in [4.69, 9.17) is 0 Å². The molecule has 0 bridgehead atoms. The first kappa shape index (κ1) is 10.7. The van der Waals surface area contributed by atoms with Crippen molar-refractivity contribution in [3.05, 3.63) is 23.5 Å². The summed E-state index contributed by atoms with van der Waals surface area (Å²) in [5, 5.41) is 4.49. The molecule has 3 nitrogen and oxygen atoms in total. The predicted molar refractivity (Wildman–Crippen MR) is 48.5 cm³/mol. The summed E-state index contributed by atoms with van der Waals surface area (Å²) >= 11 is 0. The minimum atomic E-state index is -4.80. The summed E-state index contributed by atoms with van der Waals surface area (Å²) in [5.74, 6) is -1.83. The van der Waals surface area contributed by atoms with Crippen LogP contribution in [-0.4, -0.2) is 12.5 Å². The SMILES string of the molecule is O=C1CNc2c(ccc(F)c2C(F)(F)F)N1. The number of hydrogen-bond acceptors (Lipinski definition) is 2. The molecule has 0 saturated carbocycles. The van der Waals surface area contributed by atoms with Crippen LogP contribution in [0.15, 0.2) is 12.1 Å². The molecule has 2 rings (SSSR count). The van der Waals surface area contributed by atoms with E-state index in [0.717, 1.165) is 6.07 Å². The van der Waals surface area contributed by atoms with Crippen LogP contribution in [-0.2, 0) is 11.0 Å². The van der Waals surface area contributed by atoms with Crippen molar-refractivity contribution in [2.24, 2.45) is 0 Å². The lowest BCUT2D eigenvalue weighted by Gasteiger charge is -2.22. The number of nitrogens with one attached hydrogen (secondary N) is 2. The van der Waals surface area contributed by atoms with Gasteiger partial charge in [-0.05, 0) is 12.1 Å². The summed E-state index contributed by atoms with van der Waals surface area (Å²) in [6.45, 7) is -0.306. The van der Waals surface area contributed by atoms with E-state index in [1.54, 1.807) is 0 Å². The highest BCUT2D eigenvalue weighted by Crippen LogP contribution is 2.41. The molecule has 2 N–H and O–H groups in total. The van der Waals surface area contributed by atoms with Crippen molar-refractivity contribution in [3.8, 4) is 0 Å². The molecule has 7 heteroatoms. The number of anilines is 2. The highest BCUT2D eigenvalue weighted by Gasteiger charge is 2.39. The Balaban J connectivity index is 2.60. The molecule has 1 aliphatic heterocycles. The van der Waals surface area contributed by atoms with Crippen LogP contribution in [0.3, 0.4) is 0 Å². The minimum absolute atomic E-state index is 0.0648. The van der Waals surface area contributed by atoms with Crippen molar-refractivity contribution in [2.45, 2.75) is 6.18 Å². The number of benzene rings is 1. The maximum absolute atomic E-state index is 13.1. The Morgan fingerprint density at radius 3 is 2.56 bits per heavy atom. The van der Waals surface area contributed by atoms with Crippen LogP contribution >= 0.6 is 0 Å². The molecule has 0 unspecified atom stereocenters. The van der Waals surface area contributed by atoms with Crippen LogP contribution in [0, 0.1) is 5.82 Å². The average molecular weight is 234 g/mol. The van der Waals surface area contributed by atoms with Gasteiger partial charge in [-0.25, -0.2) is 4.39 Å². The Hall–Kier alpha value is -1.79. The van der Waals surface area contributed by atoms with Gasteiger partial charge in [0, 0.05) is 0 Å². The zero-order valence-electron chi connectivity index (χ0n) is 7.78. The third-order valence-electron chi connectivity index (χ3n) is 2.14. The molecule has 0 aromatic heterocycles. The number of rotatable bonds is 0. The van der Waals surface area contributed by atoms with Crippen LogP contribution in [0.25, 0.3) is 0 Å². The topological polar surface area (TPSA) is 41.1 Å². The Labute approximate surface area is 87.4 Å². The lowest BCUT2D eigenvalue weighted by molar-refractivity contribution is -0.139. The number of amides is 1. The Morgan fingerprint density at radius 1 is 1.25 bits per heavy atom. The second kappa shape index (κ2) is 3.36. The summed E-state index contributed by atoms with van der Waals surface area (Å²) < 4.78 is 50.7. The van der Waals surface area contributed by atoms with Gasteiger partial charge in [-0.2, -0.15) is 13.2 Å². The average Bonchev–Trinajstić information content (AvgIpc) is 2.16. The lowest BCUT2D eigenvalue weighted by atomic mass is 10.1. The molecule has 0 atom stereocenters. The first-order valence-corrected chi connectivity index (χ1v) is 4.33. The van der Waals surface area contributed by atoms with Crippen LogP contribution in [0.5, 0.6) is 0 Å². The summed E-state index contributed by atoms with van der Waals surface area (Å²) in [4.78, 5) is 10.9. The normalized spacial score (nSPS) is 15.1. The van der Waals surface area contributed by atoms with Gasteiger partial charge in [0.25, 0.3) is 0 Å². The molecular weight excluding hydrogens is 228 g/mol. The van der Waals surface area contributed by atoms with E-state index in [1.807, 2.05) is 0 Å². The summed E-state index contributed by atoms with van der Waals surface area (Å²) in [7, 11) is 0. The fourth-order valence-electron chi connectivity index (χ4n) is 1.51. The van der Waals surface area contributed by atoms with Gasteiger partial charge in [-0.3, -0.25) is 4.79 Å². The van der Waals surface area contributed by atoms with E-state index < -0.39 is 29.2 Å². The van der Waals surface area contributed by atoms with Crippen LogP contribution in [0.1, 0.15) is 5.56 Å². The summed E-state index contributed by atoms with van der Waals surface area (Å²) in [6, 6.07) is 1.76. The molecule has 0 fully saturated rings. The van der Waals surface area contributed by atoms with Crippen molar-refractivity contribution < 1.29 is 22.4 Å². The number of carbonyl (C=O) groups excluding carboxylic acids is 1. The molecule has 1 aliphatic rings. The Bertz CT molecular complexity index is 456. The van der Waals surface area contributed by atoms with Crippen molar-refractivity contribution >= 4 is 17.3 Å². The van der Waals surface area contributed by atoms with Gasteiger partial charge in [0.05, 0.1) is 17.9 Å². The van der Waals surface area contributed by atoms with E-state index >= 15 is 0 Å². The second-order valence-corrected chi connectivity index (χ2v) is 3.24. The zero-order valence-corrected chi connectivity index (χ0v) is 7.78. The Morgan fingerprint density at radius 2 is 1.94 bits per heavy atom. The molecule has 1 amide bonds. The molecule has 0 saturated heterocycles. The molecule has 16 heavy (non-hydrogen) atoms. The van der Waals surface area contributed by atoms with Crippen molar-refractivity contribution in [1.29, 1.82) is 0 Å².